The molecular formula is C19H15N3O2. The van der Waals surface area contributed by atoms with Gasteiger partial charge in [-0.15, -0.1) is 0 Å². The molecule has 2 heterocycles. The van der Waals surface area contributed by atoms with Crippen LogP contribution in [0.1, 0.15) is 16.1 Å². The first-order valence-electron chi connectivity index (χ1n) is 7.60. The van der Waals surface area contributed by atoms with Crippen molar-refractivity contribution < 1.29 is 9.90 Å². The molecule has 0 aliphatic rings. The number of carboxylic acids is 1. The molecular weight excluding hydrogens is 302 g/mol. The first-order valence-corrected chi connectivity index (χ1v) is 7.60. The van der Waals surface area contributed by atoms with Gasteiger partial charge in [-0.25, -0.2) is 9.78 Å². The Morgan fingerprint density at radius 3 is 2.67 bits per heavy atom. The van der Waals surface area contributed by atoms with Gasteiger partial charge >= 0.3 is 5.97 Å². The van der Waals surface area contributed by atoms with E-state index >= 15 is 0 Å². The van der Waals surface area contributed by atoms with Gasteiger partial charge in [-0.05, 0) is 19.1 Å². The number of aromatic carboxylic acids is 1. The molecule has 2 aromatic carbocycles. The van der Waals surface area contributed by atoms with E-state index in [1.807, 2.05) is 55.5 Å². The molecule has 0 saturated heterocycles. The van der Waals surface area contributed by atoms with Crippen LogP contribution in [-0.4, -0.2) is 26.0 Å². The molecule has 0 bridgehead atoms. The maximum Gasteiger partial charge on any atom is 0.353 e. The molecule has 0 radical (unpaired) electrons. The van der Waals surface area contributed by atoms with E-state index in [0.29, 0.717) is 11.3 Å². The normalized spacial score (nSPS) is 11.0. The van der Waals surface area contributed by atoms with Gasteiger partial charge in [0.25, 0.3) is 0 Å². The topological polar surface area (TPSA) is 81.8 Å². The summed E-state index contributed by atoms with van der Waals surface area (Å²) in [6, 6.07) is 15.6. The highest BCUT2D eigenvalue weighted by atomic mass is 16.4. The summed E-state index contributed by atoms with van der Waals surface area (Å²) in [7, 11) is 0. The molecule has 0 unspecified atom stereocenters. The first kappa shape index (κ1) is 14.3. The zero-order valence-corrected chi connectivity index (χ0v) is 13.0. The van der Waals surface area contributed by atoms with E-state index in [2.05, 4.69) is 15.0 Å². The van der Waals surface area contributed by atoms with E-state index in [-0.39, 0.29) is 5.69 Å². The summed E-state index contributed by atoms with van der Waals surface area (Å²) in [6.45, 7) is 1.99. The van der Waals surface area contributed by atoms with Crippen LogP contribution in [0, 0.1) is 6.92 Å². The van der Waals surface area contributed by atoms with Gasteiger partial charge in [0.15, 0.2) is 0 Å². The molecule has 0 fully saturated rings. The first-order chi connectivity index (χ1) is 11.6. The third kappa shape index (κ3) is 2.18. The van der Waals surface area contributed by atoms with Crippen LogP contribution in [0.25, 0.3) is 33.4 Å². The molecule has 2 aromatic heterocycles. The van der Waals surface area contributed by atoms with Gasteiger partial charge in [0, 0.05) is 22.0 Å². The van der Waals surface area contributed by atoms with E-state index < -0.39 is 5.97 Å². The molecule has 118 valence electrons. The summed E-state index contributed by atoms with van der Waals surface area (Å²) in [6.07, 6.45) is 1.60. The lowest BCUT2D eigenvalue weighted by Crippen LogP contribution is -1.99. The number of nitrogens with one attached hydrogen (secondary N) is 2. The van der Waals surface area contributed by atoms with E-state index in [4.69, 9.17) is 0 Å². The lowest BCUT2D eigenvalue weighted by atomic mass is 10.0. The molecule has 4 aromatic rings. The predicted octanol–water partition coefficient (Wildman–Crippen LogP) is 4.23. The summed E-state index contributed by atoms with van der Waals surface area (Å²) >= 11 is 0. The number of H-pyrrole nitrogens is 2. The molecule has 0 spiro atoms. The minimum atomic E-state index is -0.993. The number of hydrogen-bond acceptors (Lipinski definition) is 2. The van der Waals surface area contributed by atoms with Crippen LogP contribution >= 0.6 is 0 Å². The molecule has 0 aliphatic heterocycles. The highest BCUT2D eigenvalue weighted by Gasteiger charge is 2.22. The summed E-state index contributed by atoms with van der Waals surface area (Å²) < 4.78 is 0. The molecule has 0 aliphatic carbocycles. The van der Waals surface area contributed by atoms with Gasteiger partial charge in [-0.3, -0.25) is 0 Å². The van der Waals surface area contributed by atoms with Crippen molar-refractivity contribution in [1.29, 1.82) is 0 Å². The minimum Gasteiger partial charge on any atom is -0.477 e. The Balaban J connectivity index is 2.04. The van der Waals surface area contributed by atoms with Gasteiger partial charge in [0.1, 0.15) is 5.69 Å². The molecule has 0 atom stereocenters. The van der Waals surface area contributed by atoms with Crippen molar-refractivity contribution in [3.05, 3.63) is 66.1 Å². The standard InChI is InChI=1S/C19H15N3O2/c1-11-7-8-14-13(9-11)15(18(22-14)19(23)24)17-16(20-10-21-17)12-5-3-2-4-6-12/h2-10,22H,1H3,(H,20,21)(H,23,24). The molecule has 4 rings (SSSR count). The van der Waals surface area contributed by atoms with Gasteiger partial charge in [-0.1, -0.05) is 42.0 Å². The van der Waals surface area contributed by atoms with Crippen molar-refractivity contribution >= 4 is 16.9 Å². The molecule has 24 heavy (non-hydrogen) atoms. The molecule has 0 saturated carbocycles. The molecule has 5 nitrogen and oxygen atoms in total. The van der Waals surface area contributed by atoms with Gasteiger partial charge in [0.05, 0.1) is 17.7 Å². The Hall–Kier alpha value is -3.34. The highest BCUT2D eigenvalue weighted by Crippen LogP contribution is 2.37. The second-order valence-electron chi connectivity index (χ2n) is 5.72. The average Bonchev–Trinajstić information content (AvgIpc) is 3.19. The summed E-state index contributed by atoms with van der Waals surface area (Å²) in [5.41, 5.74) is 5.04. The average molecular weight is 317 g/mol. The fourth-order valence-electron chi connectivity index (χ4n) is 3.03. The lowest BCUT2D eigenvalue weighted by molar-refractivity contribution is 0.0692. The second-order valence-corrected chi connectivity index (χ2v) is 5.72. The maximum atomic E-state index is 11.8. The summed E-state index contributed by atoms with van der Waals surface area (Å²) in [5, 5.41) is 10.5. The van der Waals surface area contributed by atoms with E-state index in [1.54, 1.807) is 6.33 Å². The number of hydrogen-bond donors (Lipinski definition) is 3. The highest BCUT2D eigenvalue weighted by molar-refractivity contribution is 6.08. The zero-order valence-electron chi connectivity index (χ0n) is 13.0. The van der Waals surface area contributed by atoms with E-state index in [1.165, 1.54) is 0 Å². The Labute approximate surface area is 138 Å². The smallest absolute Gasteiger partial charge is 0.353 e. The van der Waals surface area contributed by atoms with Crippen molar-refractivity contribution in [2.75, 3.05) is 0 Å². The van der Waals surface area contributed by atoms with Crippen LogP contribution in [0.3, 0.4) is 0 Å². The lowest BCUT2D eigenvalue weighted by Gasteiger charge is -2.04. The van der Waals surface area contributed by atoms with Gasteiger partial charge < -0.3 is 15.1 Å². The van der Waals surface area contributed by atoms with Gasteiger partial charge in [0.2, 0.25) is 0 Å². The minimum absolute atomic E-state index is 0.164. The Bertz CT molecular complexity index is 1050. The fraction of sp³-hybridized carbons (Fsp3) is 0.0526. The van der Waals surface area contributed by atoms with Crippen molar-refractivity contribution in [2.45, 2.75) is 6.92 Å². The number of nitrogens with zero attached hydrogens (tertiary/aromatic N) is 1. The summed E-state index contributed by atoms with van der Waals surface area (Å²) in [5.74, 6) is -0.993. The Kier molecular flexibility index (Phi) is 3.20. The van der Waals surface area contributed by atoms with Crippen LogP contribution < -0.4 is 0 Å². The number of aromatic nitrogens is 3. The van der Waals surface area contributed by atoms with Crippen molar-refractivity contribution in [2.24, 2.45) is 0 Å². The fourth-order valence-corrected chi connectivity index (χ4v) is 3.03. The van der Waals surface area contributed by atoms with Crippen LogP contribution in [-0.2, 0) is 0 Å². The monoisotopic (exact) mass is 317 g/mol. The summed E-state index contributed by atoms with van der Waals surface area (Å²) in [4.78, 5) is 22.3. The quantitative estimate of drug-likeness (QED) is 0.529. The SMILES string of the molecule is Cc1ccc2[nH]c(C(=O)O)c(-c3[nH]cnc3-c3ccccc3)c2c1. The number of rotatable bonds is 3. The Morgan fingerprint density at radius 1 is 1.12 bits per heavy atom. The van der Waals surface area contributed by atoms with Crippen molar-refractivity contribution in [3.8, 4) is 22.5 Å². The number of aryl methyl sites for hydroxylation is 1. The maximum absolute atomic E-state index is 11.8. The predicted molar refractivity (Wildman–Crippen MR) is 93.0 cm³/mol. The molecule has 0 amide bonds. The third-order valence-corrected chi connectivity index (χ3v) is 4.10. The number of aromatic amines is 2. The number of carbonyl (C=O) groups is 1. The van der Waals surface area contributed by atoms with E-state index in [9.17, 15) is 9.90 Å². The number of imidazole rings is 1. The van der Waals surface area contributed by atoms with Crippen LogP contribution in [0.4, 0.5) is 0 Å². The van der Waals surface area contributed by atoms with Crippen LogP contribution in [0.5, 0.6) is 0 Å². The second kappa shape index (κ2) is 5.38. The van der Waals surface area contributed by atoms with Gasteiger partial charge in [-0.2, -0.15) is 0 Å². The molecule has 3 N–H and O–H groups in total. The van der Waals surface area contributed by atoms with Crippen molar-refractivity contribution in [1.82, 2.24) is 15.0 Å². The number of fused-ring (bicyclic) bond motifs is 1. The largest absolute Gasteiger partial charge is 0.477 e. The van der Waals surface area contributed by atoms with E-state index in [0.717, 1.165) is 27.7 Å². The van der Waals surface area contributed by atoms with Crippen LogP contribution in [0.15, 0.2) is 54.9 Å². The number of carboxylic acid groups (broad SMARTS) is 1. The Morgan fingerprint density at radius 2 is 1.92 bits per heavy atom. The van der Waals surface area contributed by atoms with Crippen molar-refractivity contribution in [3.63, 3.8) is 0 Å². The third-order valence-electron chi connectivity index (χ3n) is 4.10. The van der Waals surface area contributed by atoms with Crippen LogP contribution in [0.2, 0.25) is 0 Å². The molecule has 5 heteroatoms. The zero-order chi connectivity index (χ0) is 16.7. The number of benzene rings is 2.